The summed E-state index contributed by atoms with van der Waals surface area (Å²) >= 11 is 3.78. The van der Waals surface area contributed by atoms with Gasteiger partial charge in [0, 0.05) is 40.3 Å². The molecule has 0 N–H and O–H groups in total. The zero-order chi connectivity index (χ0) is 43.3. The van der Waals surface area contributed by atoms with Crippen LogP contribution >= 0.6 is 22.7 Å². The standard InChI is InChI=1S/C64H38S2/c1-3-16-39(17-4-1)41-30-33-56-53(36-41)54-37-42(31-34-57(54)65-56)61-48-24-11-13-26-50(48)63(51-27-14-12-25-49(51)61)52-28-15-29-59-64(52)55-38-43(32-35-58(55)66-59)62-46-22-9-7-20-44(46)60(40-18-5-2-6-19-40)45-21-8-10-23-47(45)62/h1-38H. The minimum absolute atomic E-state index is 1.24. The molecule has 0 saturated carbocycles. The summed E-state index contributed by atoms with van der Waals surface area (Å²) in [7, 11) is 0. The Morgan fingerprint density at radius 3 is 1.06 bits per heavy atom. The summed E-state index contributed by atoms with van der Waals surface area (Å²) in [4.78, 5) is 0. The van der Waals surface area contributed by atoms with Crippen molar-refractivity contribution in [2.75, 3.05) is 0 Å². The van der Waals surface area contributed by atoms with Crippen LogP contribution in [0.4, 0.5) is 0 Å². The van der Waals surface area contributed by atoms with E-state index in [4.69, 9.17) is 0 Å². The van der Waals surface area contributed by atoms with Crippen molar-refractivity contribution in [1.29, 1.82) is 0 Å². The minimum Gasteiger partial charge on any atom is -0.135 e. The second kappa shape index (κ2) is 14.8. The third-order valence-electron chi connectivity index (χ3n) is 13.8. The highest BCUT2D eigenvalue weighted by Crippen LogP contribution is 2.50. The molecule has 0 radical (unpaired) electrons. The van der Waals surface area contributed by atoms with Crippen LogP contribution in [-0.2, 0) is 0 Å². The first-order chi connectivity index (χ1) is 32.7. The van der Waals surface area contributed by atoms with Gasteiger partial charge in [-0.1, -0.05) is 188 Å². The maximum absolute atomic E-state index is 2.48. The van der Waals surface area contributed by atoms with Gasteiger partial charge in [0.25, 0.3) is 0 Å². The fourth-order valence-electron chi connectivity index (χ4n) is 11.0. The van der Waals surface area contributed by atoms with Crippen LogP contribution in [0.25, 0.3) is 139 Å². The normalized spacial score (nSPS) is 11.9. The van der Waals surface area contributed by atoms with Crippen molar-refractivity contribution in [3.63, 3.8) is 0 Å². The quantitative estimate of drug-likeness (QED) is 0.151. The van der Waals surface area contributed by atoms with Crippen LogP contribution in [-0.4, -0.2) is 0 Å². The summed E-state index contributed by atoms with van der Waals surface area (Å²) in [6.45, 7) is 0. The van der Waals surface area contributed by atoms with E-state index >= 15 is 0 Å². The van der Waals surface area contributed by atoms with E-state index in [0.29, 0.717) is 0 Å². The lowest BCUT2D eigenvalue weighted by Gasteiger charge is -2.19. The van der Waals surface area contributed by atoms with Crippen molar-refractivity contribution >= 4 is 106 Å². The van der Waals surface area contributed by atoms with Crippen molar-refractivity contribution in [1.82, 2.24) is 0 Å². The molecule has 0 nitrogen and oxygen atoms in total. The van der Waals surface area contributed by atoms with E-state index in [1.807, 2.05) is 22.7 Å². The van der Waals surface area contributed by atoms with Crippen LogP contribution in [0.1, 0.15) is 0 Å². The SMILES string of the molecule is c1ccc(-c2ccc3sc4ccc(-c5c6ccccc6c(-c6cccc7sc8ccc(-c9c%10ccccc%10c(-c%10ccccc%10)c%10ccccc9%10)cc8c67)c6ccccc56)cc4c3c2)cc1. The van der Waals surface area contributed by atoms with E-state index in [1.54, 1.807) is 0 Å². The summed E-state index contributed by atoms with van der Waals surface area (Å²) in [6.07, 6.45) is 0. The molecule has 0 amide bonds. The Morgan fingerprint density at radius 1 is 0.197 bits per heavy atom. The Hall–Kier alpha value is -7.88. The predicted octanol–water partition coefficient (Wildman–Crippen LogP) is 19.4. The molecule has 12 aromatic carbocycles. The molecule has 306 valence electrons. The highest BCUT2D eigenvalue weighted by molar-refractivity contribution is 7.26. The molecule has 2 aromatic heterocycles. The number of hydrogen-bond donors (Lipinski definition) is 0. The average Bonchev–Trinajstić information content (AvgIpc) is 3.95. The average molecular weight is 871 g/mol. The van der Waals surface area contributed by atoms with Gasteiger partial charge in [-0.3, -0.25) is 0 Å². The van der Waals surface area contributed by atoms with E-state index in [0.717, 1.165) is 0 Å². The largest absolute Gasteiger partial charge is 0.135 e. The van der Waals surface area contributed by atoms with Gasteiger partial charge >= 0.3 is 0 Å². The fraction of sp³-hybridized carbons (Fsp3) is 0. The second-order valence-corrected chi connectivity index (χ2v) is 19.6. The van der Waals surface area contributed by atoms with E-state index in [-0.39, 0.29) is 0 Å². The lowest BCUT2D eigenvalue weighted by Crippen LogP contribution is -1.91. The maximum atomic E-state index is 2.48. The number of rotatable bonds is 5. The van der Waals surface area contributed by atoms with E-state index in [9.17, 15) is 0 Å². The molecular formula is C64H38S2. The molecule has 0 bridgehead atoms. The molecule has 2 heteroatoms. The molecule has 2 heterocycles. The molecule has 0 atom stereocenters. The molecule has 0 spiro atoms. The molecule has 0 aliphatic heterocycles. The third-order valence-corrected chi connectivity index (χ3v) is 16.1. The molecule has 0 fully saturated rings. The Bertz CT molecular complexity index is 4150. The van der Waals surface area contributed by atoms with E-state index < -0.39 is 0 Å². The van der Waals surface area contributed by atoms with Gasteiger partial charge in [0.15, 0.2) is 0 Å². The first kappa shape index (κ1) is 37.5. The van der Waals surface area contributed by atoms with Crippen LogP contribution in [0.3, 0.4) is 0 Å². The summed E-state index contributed by atoms with van der Waals surface area (Å²) in [5.41, 5.74) is 12.6. The molecule has 0 aliphatic carbocycles. The maximum Gasteiger partial charge on any atom is 0.0361 e. The Kier molecular flexibility index (Phi) is 8.43. The Morgan fingerprint density at radius 2 is 0.561 bits per heavy atom. The molecule has 0 unspecified atom stereocenters. The Labute approximate surface area is 389 Å². The summed E-state index contributed by atoms with van der Waals surface area (Å²) in [5, 5.41) is 15.4. The van der Waals surface area contributed by atoms with E-state index in [2.05, 4.69) is 231 Å². The Balaban J connectivity index is 1.00. The van der Waals surface area contributed by atoms with Crippen LogP contribution in [0, 0.1) is 0 Å². The molecule has 14 rings (SSSR count). The van der Waals surface area contributed by atoms with Crippen molar-refractivity contribution in [3.8, 4) is 55.6 Å². The summed E-state index contributed by atoms with van der Waals surface area (Å²) in [6, 6.07) is 86.0. The van der Waals surface area contributed by atoms with Gasteiger partial charge in [0.2, 0.25) is 0 Å². The zero-order valence-electron chi connectivity index (χ0n) is 35.8. The van der Waals surface area contributed by atoms with Gasteiger partial charge in [-0.25, -0.2) is 0 Å². The highest BCUT2D eigenvalue weighted by atomic mass is 32.1. The van der Waals surface area contributed by atoms with Gasteiger partial charge < -0.3 is 0 Å². The smallest absolute Gasteiger partial charge is 0.0361 e. The first-order valence-corrected chi connectivity index (χ1v) is 24.3. The monoisotopic (exact) mass is 870 g/mol. The minimum atomic E-state index is 1.24. The third kappa shape index (κ3) is 5.69. The molecule has 66 heavy (non-hydrogen) atoms. The number of hydrogen-bond acceptors (Lipinski definition) is 2. The van der Waals surface area contributed by atoms with Gasteiger partial charge in [-0.2, -0.15) is 0 Å². The van der Waals surface area contributed by atoms with Gasteiger partial charge in [0.1, 0.15) is 0 Å². The van der Waals surface area contributed by atoms with E-state index in [1.165, 1.54) is 139 Å². The number of benzene rings is 12. The second-order valence-electron chi connectivity index (χ2n) is 17.4. The van der Waals surface area contributed by atoms with Gasteiger partial charge in [-0.15, -0.1) is 22.7 Å². The van der Waals surface area contributed by atoms with Crippen molar-refractivity contribution < 1.29 is 0 Å². The van der Waals surface area contributed by atoms with Crippen LogP contribution in [0.2, 0.25) is 0 Å². The van der Waals surface area contributed by atoms with Crippen LogP contribution in [0.15, 0.2) is 231 Å². The fourth-order valence-corrected chi connectivity index (χ4v) is 13.2. The molecule has 14 aromatic rings. The van der Waals surface area contributed by atoms with Gasteiger partial charge in [-0.05, 0) is 141 Å². The summed E-state index contributed by atoms with van der Waals surface area (Å²) in [5.74, 6) is 0. The summed E-state index contributed by atoms with van der Waals surface area (Å²) < 4.78 is 5.23. The number of thiophene rings is 2. The lowest BCUT2D eigenvalue weighted by atomic mass is 9.84. The van der Waals surface area contributed by atoms with Crippen molar-refractivity contribution in [3.05, 3.63) is 231 Å². The molecular weight excluding hydrogens is 833 g/mol. The topological polar surface area (TPSA) is 0 Å². The van der Waals surface area contributed by atoms with Crippen LogP contribution < -0.4 is 0 Å². The van der Waals surface area contributed by atoms with Crippen molar-refractivity contribution in [2.45, 2.75) is 0 Å². The predicted molar refractivity (Wildman–Crippen MR) is 289 cm³/mol. The zero-order valence-corrected chi connectivity index (χ0v) is 37.4. The van der Waals surface area contributed by atoms with Gasteiger partial charge in [0.05, 0.1) is 0 Å². The molecule has 0 saturated heterocycles. The lowest BCUT2D eigenvalue weighted by molar-refractivity contribution is 1.66. The van der Waals surface area contributed by atoms with Crippen molar-refractivity contribution in [2.24, 2.45) is 0 Å². The highest BCUT2D eigenvalue weighted by Gasteiger charge is 2.22. The molecule has 0 aliphatic rings. The van der Waals surface area contributed by atoms with Crippen LogP contribution in [0.5, 0.6) is 0 Å². The number of fused-ring (bicyclic) bond motifs is 10. The first-order valence-electron chi connectivity index (χ1n) is 22.7.